The highest BCUT2D eigenvalue weighted by molar-refractivity contribution is 5.73. The van der Waals surface area contributed by atoms with Crippen LogP contribution in [0.15, 0.2) is 0 Å². The Morgan fingerprint density at radius 2 is 2.08 bits per heavy atom. The zero-order chi connectivity index (χ0) is 8.81. The molecule has 0 atom stereocenters. The number of rotatable bonds is 5. The molecule has 0 aliphatic heterocycles. The summed E-state index contributed by atoms with van der Waals surface area (Å²) in [4.78, 5) is 10.4. The Labute approximate surface area is 73.7 Å². The van der Waals surface area contributed by atoms with E-state index in [4.69, 9.17) is 5.73 Å². The average molecular weight is 170 g/mol. The molecule has 0 heterocycles. The number of primary amides is 1. The maximum atomic E-state index is 10.4. The highest BCUT2D eigenvalue weighted by atomic mass is 16.1. The Kier molecular flexibility index (Phi) is 4.08. The minimum atomic E-state index is -0.214. The Hall–Kier alpha value is -0.570. The standard InChI is InChI=1S/C9H18N2O/c10-9(12)5-6-11-7-8-3-1-2-4-8/h8,11H,1-7H2,(H2,10,12). The third-order valence-electron chi connectivity index (χ3n) is 2.46. The van der Waals surface area contributed by atoms with Crippen LogP contribution in [0, 0.1) is 5.92 Å². The van der Waals surface area contributed by atoms with Crippen molar-refractivity contribution in [2.75, 3.05) is 13.1 Å². The highest BCUT2D eigenvalue weighted by Crippen LogP contribution is 2.23. The quantitative estimate of drug-likeness (QED) is 0.595. The molecule has 0 aromatic heterocycles. The smallest absolute Gasteiger partial charge is 0.218 e. The minimum absolute atomic E-state index is 0.214. The second-order valence-electron chi connectivity index (χ2n) is 3.57. The summed E-state index contributed by atoms with van der Waals surface area (Å²) in [6, 6.07) is 0. The minimum Gasteiger partial charge on any atom is -0.370 e. The lowest BCUT2D eigenvalue weighted by Gasteiger charge is -2.08. The zero-order valence-electron chi connectivity index (χ0n) is 7.51. The summed E-state index contributed by atoms with van der Waals surface area (Å²) >= 11 is 0. The van der Waals surface area contributed by atoms with Gasteiger partial charge in [-0.15, -0.1) is 0 Å². The molecule has 1 aliphatic rings. The molecular weight excluding hydrogens is 152 g/mol. The molecule has 1 amide bonds. The van der Waals surface area contributed by atoms with Gasteiger partial charge in [-0.25, -0.2) is 0 Å². The van der Waals surface area contributed by atoms with Gasteiger partial charge in [0.05, 0.1) is 0 Å². The van der Waals surface area contributed by atoms with Gasteiger partial charge in [0.25, 0.3) is 0 Å². The zero-order valence-corrected chi connectivity index (χ0v) is 7.51. The van der Waals surface area contributed by atoms with Crippen molar-refractivity contribution in [3.05, 3.63) is 0 Å². The number of hydrogen-bond acceptors (Lipinski definition) is 2. The van der Waals surface area contributed by atoms with Crippen molar-refractivity contribution < 1.29 is 4.79 Å². The monoisotopic (exact) mass is 170 g/mol. The number of carbonyl (C=O) groups is 1. The van der Waals surface area contributed by atoms with E-state index in [9.17, 15) is 4.79 Å². The van der Waals surface area contributed by atoms with Gasteiger partial charge in [-0.05, 0) is 25.3 Å². The summed E-state index contributed by atoms with van der Waals surface area (Å²) < 4.78 is 0. The summed E-state index contributed by atoms with van der Waals surface area (Å²) in [7, 11) is 0. The van der Waals surface area contributed by atoms with Gasteiger partial charge in [0.15, 0.2) is 0 Å². The van der Waals surface area contributed by atoms with Crippen molar-refractivity contribution in [1.29, 1.82) is 0 Å². The number of hydrogen-bond donors (Lipinski definition) is 2. The lowest BCUT2D eigenvalue weighted by molar-refractivity contribution is -0.117. The van der Waals surface area contributed by atoms with Gasteiger partial charge in [-0.1, -0.05) is 12.8 Å². The van der Waals surface area contributed by atoms with E-state index in [1.807, 2.05) is 0 Å². The Morgan fingerprint density at radius 3 is 2.67 bits per heavy atom. The molecule has 0 aromatic rings. The van der Waals surface area contributed by atoms with Crippen molar-refractivity contribution in [2.45, 2.75) is 32.1 Å². The van der Waals surface area contributed by atoms with E-state index in [0.29, 0.717) is 6.42 Å². The first-order chi connectivity index (χ1) is 5.79. The Balaban J connectivity index is 1.91. The molecule has 0 saturated heterocycles. The largest absolute Gasteiger partial charge is 0.370 e. The van der Waals surface area contributed by atoms with Crippen LogP contribution in [0.25, 0.3) is 0 Å². The van der Waals surface area contributed by atoms with E-state index < -0.39 is 0 Å². The van der Waals surface area contributed by atoms with Gasteiger partial charge in [0.2, 0.25) is 5.91 Å². The van der Waals surface area contributed by atoms with Gasteiger partial charge >= 0.3 is 0 Å². The van der Waals surface area contributed by atoms with Crippen LogP contribution in [0.5, 0.6) is 0 Å². The fraction of sp³-hybridized carbons (Fsp3) is 0.889. The van der Waals surface area contributed by atoms with Crippen molar-refractivity contribution in [3.8, 4) is 0 Å². The van der Waals surface area contributed by atoms with Gasteiger partial charge in [-0.3, -0.25) is 4.79 Å². The van der Waals surface area contributed by atoms with Gasteiger partial charge in [0.1, 0.15) is 0 Å². The van der Waals surface area contributed by atoms with Crippen molar-refractivity contribution in [3.63, 3.8) is 0 Å². The Bertz CT molecular complexity index is 141. The van der Waals surface area contributed by atoms with Crippen molar-refractivity contribution in [1.82, 2.24) is 5.32 Å². The SMILES string of the molecule is NC(=O)CCNCC1CCCC1. The lowest BCUT2D eigenvalue weighted by atomic mass is 10.1. The molecular formula is C9H18N2O. The molecule has 1 fully saturated rings. The second kappa shape index (κ2) is 5.14. The topological polar surface area (TPSA) is 55.1 Å². The third-order valence-corrected chi connectivity index (χ3v) is 2.46. The second-order valence-corrected chi connectivity index (χ2v) is 3.57. The van der Waals surface area contributed by atoms with E-state index in [1.54, 1.807) is 0 Å². The van der Waals surface area contributed by atoms with E-state index >= 15 is 0 Å². The predicted molar refractivity (Wildman–Crippen MR) is 48.6 cm³/mol. The van der Waals surface area contributed by atoms with Crippen LogP contribution in [0.4, 0.5) is 0 Å². The summed E-state index contributed by atoms with van der Waals surface area (Å²) in [5, 5.41) is 3.26. The van der Waals surface area contributed by atoms with E-state index in [-0.39, 0.29) is 5.91 Å². The van der Waals surface area contributed by atoms with Crippen LogP contribution < -0.4 is 11.1 Å². The first-order valence-corrected chi connectivity index (χ1v) is 4.78. The molecule has 0 aromatic carbocycles. The van der Waals surface area contributed by atoms with E-state index in [0.717, 1.165) is 19.0 Å². The molecule has 0 unspecified atom stereocenters. The maximum Gasteiger partial charge on any atom is 0.218 e. The molecule has 0 bridgehead atoms. The first-order valence-electron chi connectivity index (χ1n) is 4.78. The number of nitrogens with one attached hydrogen (secondary N) is 1. The van der Waals surface area contributed by atoms with Gasteiger partial charge in [-0.2, -0.15) is 0 Å². The Morgan fingerprint density at radius 1 is 1.42 bits per heavy atom. The van der Waals surface area contributed by atoms with E-state index in [1.165, 1.54) is 25.7 Å². The fourth-order valence-corrected chi connectivity index (χ4v) is 1.73. The summed E-state index contributed by atoms with van der Waals surface area (Å²) in [5.74, 6) is 0.631. The van der Waals surface area contributed by atoms with Crippen molar-refractivity contribution >= 4 is 5.91 Å². The molecule has 12 heavy (non-hydrogen) atoms. The number of amides is 1. The van der Waals surface area contributed by atoms with E-state index in [2.05, 4.69) is 5.32 Å². The summed E-state index contributed by atoms with van der Waals surface area (Å²) in [6.07, 6.45) is 5.92. The molecule has 3 N–H and O–H groups in total. The molecule has 1 saturated carbocycles. The average Bonchev–Trinajstić information content (AvgIpc) is 2.49. The van der Waals surface area contributed by atoms with Gasteiger partial charge < -0.3 is 11.1 Å². The molecule has 70 valence electrons. The van der Waals surface area contributed by atoms with Gasteiger partial charge in [0, 0.05) is 13.0 Å². The van der Waals surface area contributed by atoms with Crippen molar-refractivity contribution in [2.24, 2.45) is 11.7 Å². The maximum absolute atomic E-state index is 10.4. The van der Waals surface area contributed by atoms with Crippen LogP contribution in [0.1, 0.15) is 32.1 Å². The molecule has 3 nitrogen and oxygen atoms in total. The summed E-state index contributed by atoms with van der Waals surface area (Å²) in [6.45, 7) is 1.80. The predicted octanol–water partition coefficient (Wildman–Crippen LogP) is 0.642. The lowest BCUT2D eigenvalue weighted by Crippen LogP contribution is -2.26. The molecule has 3 heteroatoms. The molecule has 1 rings (SSSR count). The summed E-state index contributed by atoms with van der Waals surface area (Å²) in [5.41, 5.74) is 5.01. The number of carbonyl (C=O) groups excluding carboxylic acids is 1. The fourth-order valence-electron chi connectivity index (χ4n) is 1.73. The van der Waals surface area contributed by atoms with Crippen LogP contribution >= 0.6 is 0 Å². The first kappa shape index (κ1) is 9.52. The third kappa shape index (κ3) is 3.72. The van der Waals surface area contributed by atoms with Crippen LogP contribution in [-0.2, 0) is 4.79 Å². The normalized spacial score (nSPS) is 18.3. The molecule has 0 radical (unpaired) electrons. The molecule has 0 spiro atoms. The van der Waals surface area contributed by atoms with Crippen LogP contribution in [-0.4, -0.2) is 19.0 Å². The molecule has 1 aliphatic carbocycles. The van der Waals surface area contributed by atoms with Crippen LogP contribution in [0.2, 0.25) is 0 Å². The number of nitrogens with two attached hydrogens (primary N) is 1. The highest BCUT2D eigenvalue weighted by Gasteiger charge is 2.13. The van der Waals surface area contributed by atoms with Crippen LogP contribution in [0.3, 0.4) is 0 Å².